The summed E-state index contributed by atoms with van der Waals surface area (Å²) in [6, 6.07) is 14.0. The average Bonchev–Trinajstić information content (AvgIpc) is 3.11. The fourth-order valence-corrected chi connectivity index (χ4v) is 4.13. The predicted molar refractivity (Wildman–Crippen MR) is 116 cm³/mol. The lowest BCUT2D eigenvalue weighted by Gasteiger charge is -2.26. The van der Waals surface area contributed by atoms with E-state index in [1.165, 1.54) is 11.3 Å². The van der Waals surface area contributed by atoms with Crippen LogP contribution in [0.3, 0.4) is 0 Å². The van der Waals surface area contributed by atoms with Crippen molar-refractivity contribution >= 4 is 28.4 Å². The first-order valence-electron chi connectivity index (χ1n) is 10.3. The molecule has 0 fully saturated rings. The SMILES string of the molecule is CCc1ccc(N(CC)C(=O)c2ccc3[nH]c4c(c3c2)CN(C(C)=O)CC4)cc1. The normalized spacial score (nSPS) is 13.4. The third kappa shape index (κ3) is 3.53. The maximum Gasteiger partial charge on any atom is 0.258 e. The first-order valence-corrected chi connectivity index (χ1v) is 10.3. The van der Waals surface area contributed by atoms with Crippen molar-refractivity contribution in [1.29, 1.82) is 0 Å². The van der Waals surface area contributed by atoms with E-state index in [4.69, 9.17) is 0 Å². The number of benzene rings is 2. The van der Waals surface area contributed by atoms with Gasteiger partial charge in [-0.3, -0.25) is 9.59 Å². The molecule has 0 atom stereocenters. The topological polar surface area (TPSA) is 56.4 Å². The second-order valence-electron chi connectivity index (χ2n) is 7.60. The van der Waals surface area contributed by atoms with Gasteiger partial charge in [0.15, 0.2) is 0 Å². The van der Waals surface area contributed by atoms with Gasteiger partial charge in [0.2, 0.25) is 5.91 Å². The number of hydrogen-bond acceptors (Lipinski definition) is 2. The molecule has 5 heteroatoms. The van der Waals surface area contributed by atoms with Crippen LogP contribution in [0, 0.1) is 0 Å². The van der Waals surface area contributed by atoms with Gasteiger partial charge >= 0.3 is 0 Å². The molecule has 2 amide bonds. The first-order chi connectivity index (χ1) is 14.0. The first kappa shape index (κ1) is 19.2. The third-order valence-electron chi connectivity index (χ3n) is 5.89. The molecule has 150 valence electrons. The molecule has 29 heavy (non-hydrogen) atoms. The maximum atomic E-state index is 13.3. The molecule has 0 unspecified atom stereocenters. The Balaban J connectivity index is 1.68. The number of rotatable bonds is 4. The number of anilines is 1. The summed E-state index contributed by atoms with van der Waals surface area (Å²) >= 11 is 0. The molecule has 4 rings (SSSR count). The Morgan fingerprint density at radius 1 is 1.10 bits per heavy atom. The highest BCUT2D eigenvalue weighted by Crippen LogP contribution is 2.29. The monoisotopic (exact) mass is 389 g/mol. The van der Waals surface area contributed by atoms with E-state index in [2.05, 4.69) is 24.0 Å². The zero-order chi connectivity index (χ0) is 20.5. The molecule has 0 radical (unpaired) electrons. The van der Waals surface area contributed by atoms with Crippen LogP contribution in [0.25, 0.3) is 10.9 Å². The quantitative estimate of drug-likeness (QED) is 0.723. The van der Waals surface area contributed by atoms with Crippen LogP contribution in [0.15, 0.2) is 42.5 Å². The van der Waals surface area contributed by atoms with Gasteiger partial charge < -0.3 is 14.8 Å². The highest BCUT2D eigenvalue weighted by atomic mass is 16.2. The smallest absolute Gasteiger partial charge is 0.258 e. The summed E-state index contributed by atoms with van der Waals surface area (Å²) in [5.41, 5.74) is 6.16. The fraction of sp³-hybridized carbons (Fsp3) is 0.333. The van der Waals surface area contributed by atoms with Crippen LogP contribution in [-0.4, -0.2) is 34.8 Å². The third-order valence-corrected chi connectivity index (χ3v) is 5.89. The van der Waals surface area contributed by atoms with E-state index in [1.54, 1.807) is 6.92 Å². The number of fused-ring (bicyclic) bond motifs is 3. The Kier molecular flexibility index (Phi) is 5.14. The van der Waals surface area contributed by atoms with Crippen molar-refractivity contribution in [3.63, 3.8) is 0 Å². The van der Waals surface area contributed by atoms with E-state index < -0.39 is 0 Å². The lowest BCUT2D eigenvalue weighted by molar-refractivity contribution is -0.129. The van der Waals surface area contributed by atoms with Crippen LogP contribution in [-0.2, 0) is 24.2 Å². The Labute approximate surface area is 171 Å². The van der Waals surface area contributed by atoms with Crippen molar-refractivity contribution in [2.75, 3.05) is 18.0 Å². The van der Waals surface area contributed by atoms with Gasteiger partial charge in [0.25, 0.3) is 5.91 Å². The maximum absolute atomic E-state index is 13.3. The van der Waals surface area contributed by atoms with Crippen LogP contribution in [0.5, 0.6) is 0 Å². The van der Waals surface area contributed by atoms with Gasteiger partial charge in [-0.15, -0.1) is 0 Å². The van der Waals surface area contributed by atoms with Gasteiger partial charge in [-0.25, -0.2) is 0 Å². The van der Waals surface area contributed by atoms with Gasteiger partial charge in [-0.2, -0.15) is 0 Å². The van der Waals surface area contributed by atoms with Crippen LogP contribution in [0.1, 0.15) is 48.0 Å². The van der Waals surface area contributed by atoms with Gasteiger partial charge in [0.05, 0.1) is 0 Å². The van der Waals surface area contributed by atoms with Crippen molar-refractivity contribution in [2.45, 2.75) is 40.2 Å². The minimum absolute atomic E-state index is 0.00664. The van der Waals surface area contributed by atoms with Crippen molar-refractivity contribution in [2.24, 2.45) is 0 Å². The molecule has 1 N–H and O–H groups in total. The molecule has 0 bridgehead atoms. The molecule has 1 aliphatic rings. The van der Waals surface area contributed by atoms with Crippen molar-refractivity contribution in [3.05, 3.63) is 64.8 Å². The van der Waals surface area contributed by atoms with Crippen LogP contribution >= 0.6 is 0 Å². The standard InChI is InChI=1S/C24H27N3O2/c1-4-17-6-9-19(10-7-17)27(5-2)24(29)18-8-11-22-20(14-18)21-15-26(16(3)28)13-12-23(21)25-22/h6-11,14,25H,4-5,12-13,15H2,1-3H3. The van der Waals surface area contributed by atoms with Crippen molar-refractivity contribution in [3.8, 4) is 0 Å². The van der Waals surface area contributed by atoms with Crippen LogP contribution in [0.2, 0.25) is 0 Å². The molecule has 5 nitrogen and oxygen atoms in total. The second-order valence-corrected chi connectivity index (χ2v) is 7.60. The van der Waals surface area contributed by atoms with Gasteiger partial charge in [-0.05, 0) is 49.2 Å². The highest BCUT2D eigenvalue weighted by Gasteiger charge is 2.23. The Morgan fingerprint density at radius 2 is 1.86 bits per heavy atom. The number of nitrogens with one attached hydrogen (secondary N) is 1. The molecule has 3 aromatic rings. The summed E-state index contributed by atoms with van der Waals surface area (Å²) in [5, 5.41) is 1.04. The Bertz CT molecular complexity index is 1070. The molecule has 2 aromatic carbocycles. The number of carbonyl (C=O) groups is 2. The number of amides is 2. The predicted octanol–water partition coefficient (Wildman–Crippen LogP) is 4.30. The molecule has 0 spiro atoms. The molecule has 2 heterocycles. The molecule has 0 saturated carbocycles. The van der Waals surface area contributed by atoms with Crippen molar-refractivity contribution in [1.82, 2.24) is 9.88 Å². The number of aromatic nitrogens is 1. The minimum atomic E-state index is -0.00664. The number of H-pyrrole nitrogens is 1. The van der Waals surface area contributed by atoms with E-state index in [9.17, 15) is 9.59 Å². The van der Waals surface area contributed by atoms with E-state index in [1.807, 2.05) is 47.1 Å². The summed E-state index contributed by atoms with van der Waals surface area (Å²) < 4.78 is 0. The summed E-state index contributed by atoms with van der Waals surface area (Å²) in [7, 11) is 0. The lowest BCUT2D eigenvalue weighted by atomic mass is 10.0. The summed E-state index contributed by atoms with van der Waals surface area (Å²) in [5.74, 6) is 0.0812. The molecular weight excluding hydrogens is 362 g/mol. The van der Waals surface area contributed by atoms with Crippen molar-refractivity contribution < 1.29 is 9.59 Å². The lowest BCUT2D eigenvalue weighted by Crippen LogP contribution is -2.34. The van der Waals surface area contributed by atoms with Crippen LogP contribution in [0.4, 0.5) is 5.69 Å². The van der Waals surface area contributed by atoms with E-state index in [-0.39, 0.29) is 11.8 Å². The number of aromatic amines is 1. The number of aryl methyl sites for hydroxylation is 1. The molecule has 0 aliphatic carbocycles. The molecule has 1 aromatic heterocycles. The molecule has 1 aliphatic heterocycles. The summed E-state index contributed by atoms with van der Waals surface area (Å²) in [4.78, 5) is 32.2. The van der Waals surface area contributed by atoms with E-state index in [0.29, 0.717) is 18.7 Å². The Morgan fingerprint density at radius 3 is 2.52 bits per heavy atom. The number of nitrogens with zero attached hydrogens (tertiary/aromatic N) is 2. The molecular formula is C24H27N3O2. The van der Waals surface area contributed by atoms with Gasteiger partial charge in [0.1, 0.15) is 0 Å². The molecule has 0 saturated heterocycles. The van der Waals surface area contributed by atoms with Crippen LogP contribution < -0.4 is 4.90 Å². The minimum Gasteiger partial charge on any atom is -0.358 e. The highest BCUT2D eigenvalue weighted by molar-refractivity contribution is 6.08. The van der Waals surface area contributed by atoms with E-state index in [0.717, 1.165) is 41.5 Å². The zero-order valence-corrected chi connectivity index (χ0v) is 17.3. The van der Waals surface area contributed by atoms with Gasteiger partial charge in [0, 0.05) is 66.4 Å². The Hall–Kier alpha value is -3.08. The fourth-order valence-electron chi connectivity index (χ4n) is 4.13. The number of carbonyl (C=O) groups excluding carboxylic acids is 2. The number of hydrogen-bond donors (Lipinski definition) is 1. The average molecular weight is 389 g/mol. The summed E-state index contributed by atoms with van der Waals surface area (Å²) in [6.45, 7) is 7.66. The second kappa shape index (κ2) is 7.74. The van der Waals surface area contributed by atoms with Gasteiger partial charge in [-0.1, -0.05) is 19.1 Å². The summed E-state index contributed by atoms with van der Waals surface area (Å²) in [6.07, 6.45) is 1.80. The van der Waals surface area contributed by atoms with E-state index >= 15 is 0 Å². The largest absolute Gasteiger partial charge is 0.358 e. The zero-order valence-electron chi connectivity index (χ0n) is 17.3.